The van der Waals surface area contributed by atoms with Crippen LogP contribution >= 0.6 is 23.4 Å². The highest BCUT2D eigenvalue weighted by Gasteiger charge is 2.33. The van der Waals surface area contributed by atoms with Crippen LogP contribution in [0.15, 0.2) is 0 Å². The molecule has 1 aliphatic carbocycles. The average molecular weight is 258 g/mol. The van der Waals surface area contributed by atoms with E-state index in [1.807, 2.05) is 6.26 Å². The van der Waals surface area contributed by atoms with Gasteiger partial charge in [-0.25, -0.2) is 13.1 Å². The molecule has 6 heteroatoms. The van der Waals surface area contributed by atoms with E-state index in [1.54, 1.807) is 11.8 Å². The number of nitrogens with one attached hydrogen (secondary N) is 1. The van der Waals surface area contributed by atoms with Gasteiger partial charge in [0.2, 0.25) is 10.0 Å². The summed E-state index contributed by atoms with van der Waals surface area (Å²) in [6.45, 7) is 0.517. The minimum atomic E-state index is -3.25. The molecule has 0 saturated heterocycles. The van der Waals surface area contributed by atoms with Crippen molar-refractivity contribution >= 4 is 33.4 Å². The van der Waals surface area contributed by atoms with Crippen LogP contribution in [0.25, 0.3) is 0 Å². The van der Waals surface area contributed by atoms with Gasteiger partial charge in [0.05, 0.1) is 0 Å². The molecule has 84 valence electrons. The second-order valence-electron chi connectivity index (χ2n) is 3.64. The standard InChI is InChI=1S/C8H16ClNO2S2/c1-13-8(4-2-3-5-8)6-10-14(11,12)7-9/h10H,2-7H2,1H3. The van der Waals surface area contributed by atoms with Crippen LogP contribution in [-0.4, -0.2) is 31.2 Å². The first kappa shape index (κ1) is 12.6. The van der Waals surface area contributed by atoms with Crippen molar-refractivity contribution in [3.63, 3.8) is 0 Å². The second-order valence-corrected chi connectivity index (χ2v) is 7.30. The maximum absolute atomic E-state index is 11.2. The number of alkyl halides is 1. The van der Waals surface area contributed by atoms with Gasteiger partial charge in [-0.15, -0.1) is 11.6 Å². The number of hydrogen-bond acceptors (Lipinski definition) is 3. The maximum atomic E-state index is 11.2. The summed E-state index contributed by atoms with van der Waals surface area (Å²) in [5.74, 6) is 0. The Balaban J connectivity index is 2.50. The summed E-state index contributed by atoms with van der Waals surface area (Å²) in [4.78, 5) is 0. The van der Waals surface area contributed by atoms with Crippen LogP contribution in [0.4, 0.5) is 0 Å². The van der Waals surface area contributed by atoms with Gasteiger partial charge < -0.3 is 0 Å². The summed E-state index contributed by atoms with van der Waals surface area (Å²) in [5.41, 5.74) is 0. The van der Waals surface area contributed by atoms with Crippen LogP contribution in [0.1, 0.15) is 25.7 Å². The van der Waals surface area contributed by atoms with Gasteiger partial charge in [0.25, 0.3) is 0 Å². The molecule has 1 N–H and O–H groups in total. The third kappa shape index (κ3) is 3.29. The largest absolute Gasteiger partial charge is 0.225 e. The molecule has 0 amide bonds. The first-order valence-electron chi connectivity index (χ1n) is 4.62. The van der Waals surface area contributed by atoms with E-state index in [4.69, 9.17) is 11.6 Å². The minimum Gasteiger partial charge on any atom is -0.213 e. The monoisotopic (exact) mass is 257 g/mol. The second kappa shape index (κ2) is 5.05. The normalized spacial score (nSPS) is 21.3. The molecule has 0 radical (unpaired) electrons. The van der Waals surface area contributed by atoms with Gasteiger partial charge in [-0.05, 0) is 19.1 Å². The first-order valence-corrected chi connectivity index (χ1v) is 8.03. The molecule has 0 atom stereocenters. The molecule has 1 saturated carbocycles. The molecule has 0 bridgehead atoms. The van der Waals surface area contributed by atoms with Crippen molar-refractivity contribution in [2.75, 3.05) is 18.0 Å². The molecule has 0 aromatic heterocycles. The number of thioether (sulfide) groups is 1. The predicted molar refractivity (Wildman–Crippen MR) is 62.4 cm³/mol. The predicted octanol–water partition coefficient (Wildman–Crippen LogP) is 1.78. The van der Waals surface area contributed by atoms with Crippen molar-refractivity contribution in [1.29, 1.82) is 0 Å². The Bertz CT molecular complexity index is 273. The summed E-state index contributed by atoms with van der Waals surface area (Å²) >= 11 is 7.07. The van der Waals surface area contributed by atoms with E-state index in [0.717, 1.165) is 12.8 Å². The van der Waals surface area contributed by atoms with Crippen molar-refractivity contribution < 1.29 is 8.42 Å². The third-order valence-corrected chi connectivity index (χ3v) is 5.86. The van der Waals surface area contributed by atoms with Crippen molar-refractivity contribution in [3.05, 3.63) is 0 Å². The molecule has 1 rings (SSSR count). The van der Waals surface area contributed by atoms with Gasteiger partial charge in [0, 0.05) is 11.3 Å². The molecule has 1 aliphatic rings. The van der Waals surface area contributed by atoms with Gasteiger partial charge in [0.1, 0.15) is 5.21 Å². The third-order valence-electron chi connectivity index (χ3n) is 2.71. The Kier molecular flexibility index (Phi) is 4.56. The molecule has 0 aromatic carbocycles. The van der Waals surface area contributed by atoms with Crippen molar-refractivity contribution in [2.24, 2.45) is 0 Å². The molecule has 0 spiro atoms. The lowest BCUT2D eigenvalue weighted by Gasteiger charge is -2.26. The maximum Gasteiger partial charge on any atom is 0.225 e. The molecule has 1 fully saturated rings. The van der Waals surface area contributed by atoms with E-state index in [9.17, 15) is 8.42 Å². The zero-order valence-electron chi connectivity index (χ0n) is 8.25. The Morgan fingerprint density at radius 3 is 2.43 bits per heavy atom. The lowest BCUT2D eigenvalue weighted by atomic mass is 10.1. The minimum absolute atomic E-state index is 0.110. The number of hydrogen-bond donors (Lipinski definition) is 1. The molecular weight excluding hydrogens is 242 g/mol. The molecule has 3 nitrogen and oxygen atoms in total. The molecule has 14 heavy (non-hydrogen) atoms. The van der Waals surface area contributed by atoms with E-state index in [-0.39, 0.29) is 9.96 Å². The van der Waals surface area contributed by atoms with E-state index in [1.165, 1.54) is 12.8 Å². The van der Waals surface area contributed by atoms with E-state index in [0.29, 0.717) is 6.54 Å². The van der Waals surface area contributed by atoms with Crippen LogP contribution in [0.2, 0.25) is 0 Å². The van der Waals surface area contributed by atoms with E-state index < -0.39 is 10.0 Å². The molecular formula is C8H16ClNO2S2. The van der Waals surface area contributed by atoms with Gasteiger partial charge >= 0.3 is 0 Å². The fraction of sp³-hybridized carbons (Fsp3) is 1.00. The number of sulfonamides is 1. The zero-order chi connectivity index (χ0) is 10.7. The SMILES string of the molecule is CSC1(CNS(=O)(=O)CCl)CCCC1. The fourth-order valence-electron chi connectivity index (χ4n) is 1.75. The molecule has 0 unspecified atom stereocenters. The highest BCUT2D eigenvalue weighted by molar-refractivity contribution is 8.00. The lowest BCUT2D eigenvalue weighted by molar-refractivity contribution is 0.554. The van der Waals surface area contributed by atoms with Crippen LogP contribution in [-0.2, 0) is 10.0 Å². The van der Waals surface area contributed by atoms with E-state index >= 15 is 0 Å². The fourth-order valence-corrected chi connectivity index (χ4v) is 3.56. The topological polar surface area (TPSA) is 46.2 Å². The number of rotatable bonds is 5. The Morgan fingerprint density at radius 1 is 1.43 bits per heavy atom. The zero-order valence-corrected chi connectivity index (χ0v) is 10.6. The first-order chi connectivity index (χ1) is 6.54. The highest BCUT2D eigenvalue weighted by atomic mass is 35.5. The Morgan fingerprint density at radius 2 is 2.00 bits per heavy atom. The van der Waals surface area contributed by atoms with Crippen LogP contribution in [0.3, 0.4) is 0 Å². The lowest BCUT2D eigenvalue weighted by Crippen LogP contribution is -2.38. The quantitative estimate of drug-likeness (QED) is 0.764. The van der Waals surface area contributed by atoms with Crippen LogP contribution in [0.5, 0.6) is 0 Å². The van der Waals surface area contributed by atoms with Gasteiger partial charge in [0.15, 0.2) is 0 Å². The van der Waals surface area contributed by atoms with Gasteiger partial charge in [-0.2, -0.15) is 11.8 Å². The Labute approximate surface area is 95.0 Å². The van der Waals surface area contributed by atoms with Crippen molar-refractivity contribution in [2.45, 2.75) is 30.4 Å². The smallest absolute Gasteiger partial charge is 0.213 e. The van der Waals surface area contributed by atoms with Crippen molar-refractivity contribution in [1.82, 2.24) is 4.72 Å². The van der Waals surface area contributed by atoms with Gasteiger partial charge in [-0.1, -0.05) is 12.8 Å². The number of halogens is 1. The van der Waals surface area contributed by atoms with Gasteiger partial charge in [-0.3, -0.25) is 0 Å². The molecule has 0 aromatic rings. The summed E-state index contributed by atoms with van der Waals surface area (Å²) in [5, 5.41) is -0.350. The van der Waals surface area contributed by atoms with E-state index in [2.05, 4.69) is 4.72 Å². The summed E-state index contributed by atoms with van der Waals surface area (Å²) in [6.07, 6.45) is 6.63. The highest BCUT2D eigenvalue weighted by Crippen LogP contribution is 2.39. The molecule has 0 aliphatic heterocycles. The average Bonchev–Trinajstić information content (AvgIpc) is 2.65. The van der Waals surface area contributed by atoms with Crippen molar-refractivity contribution in [3.8, 4) is 0 Å². The van der Waals surface area contributed by atoms with Crippen LogP contribution in [0, 0.1) is 0 Å². The summed E-state index contributed by atoms with van der Waals surface area (Å²) < 4.78 is 25.0. The van der Waals surface area contributed by atoms with Crippen LogP contribution < -0.4 is 4.72 Å². The Hall–Kier alpha value is 0.550. The summed E-state index contributed by atoms with van der Waals surface area (Å²) in [7, 11) is -3.25. The molecule has 0 heterocycles. The summed E-state index contributed by atoms with van der Waals surface area (Å²) in [6, 6.07) is 0.